The van der Waals surface area contributed by atoms with E-state index in [-0.39, 0.29) is 36.2 Å². The third-order valence-corrected chi connectivity index (χ3v) is 3.62. The van der Waals surface area contributed by atoms with E-state index in [1.165, 1.54) is 12.2 Å². The molecule has 2 atom stereocenters. The van der Waals surface area contributed by atoms with Crippen molar-refractivity contribution in [2.24, 2.45) is 11.7 Å². The number of aliphatic carboxylic acids is 1. The Morgan fingerprint density at radius 2 is 1.76 bits per heavy atom. The molecule has 0 aromatic heterocycles. The molecular weight excluding hydrogens is 347 g/mol. The molecular formula is C14H18F3N3O5. The topological polar surface area (TPSA) is 130 Å². The molecule has 1 aliphatic heterocycles. The second kappa shape index (κ2) is 8.60. The second-order valence-electron chi connectivity index (χ2n) is 5.53. The minimum atomic E-state index is -5.08. The van der Waals surface area contributed by atoms with Gasteiger partial charge in [-0.3, -0.25) is 19.3 Å². The molecule has 2 aliphatic rings. The summed E-state index contributed by atoms with van der Waals surface area (Å²) in [5, 5.41) is 9.87. The molecule has 1 aliphatic carbocycles. The van der Waals surface area contributed by atoms with Crippen molar-refractivity contribution in [3.05, 3.63) is 12.2 Å². The fraction of sp³-hybridized carbons (Fsp3) is 0.571. The van der Waals surface area contributed by atoms with Crippen LogP contribution in [0.5, 0.6) is 0 Å². The Balaban J connectivity index is 0.000000381. The van der Waals surface area contributed by atoms with Crippen LogP contribution in [0.2, 0.25) is 0 Å². The van der Waals surface area contributed by atoms with E-state index >= 15 is 0 Å². The molecule has 0 saturated heterocycles. The van der Waals surface area contributed by atoms with Crippen LogP contribution in [0.25, 0.3) is 0 Å². The summed E-state index contributed by atoms with van der Waals surface area (Å²) in [6.45, 7) is 0.513. The SMILES string of the molecule is N[C@H]1CC[C@H](C(=O)NCCN2C(=O)C=CC2=O)C1.O=C(O)C(F)(F)F. The zero-order valence-corrected chi connectivity index (χ0v) is 13.1. The number of rotatable bonds is 4. The fourth-order valence-corrected chi connectivity index (χ4v) is 2.34. The Bertz CT molecular complexity index is 559. The summed E-state index contributed by atoms with van der Waals surface area (Å²) < 4.78 is 31.7. The highest BCUT2D eigenvalue weighted by atomic mass is 19.4. The number of carbonyl (C=O) groups excluding carboxylic acids is 3. The van der Waals surface area contributed by atoms with Crippen molar-refractivity contribution in [2.45, 2.75) is 31.5 Å². The van der Waals surface area contributed by atoms with Gasteiger partial charge in [-0.1, -0.05) is 0 Å². The van der Waals surface area contributed by atoms with E-state index < -0.39 is 12.1 Å². The standard InChI is InChI=1S/C12H17N3O3.C2HF3O2/c13-9-2-1-8(7-9)12(18)14-5-6-15-10(16)3-4-11(15)17;3-2(4,5)1(6)7/h3-4,8-9H,1-2,5-7,13H2,(H,14,18);(H,6,7)/t8-,9-;/m0./s1. The van der Waals surface area contributed by atoms with Gasteiger partial charge in [-0.2, -0.15) is 13.2 Å². The molecule has 1 saturated carbocycles. The van der Waals surface area contributed by atoms with Crippen LogP contribution >= 0.6 is 0 Å². The molecule has 2 rings (SSSR count). The smallest absolute Gasteiger partial charge is 0.475 e. The van der Waals surface area contributed by atoms with E-state index in [1.54, 1.807) is 0 Å². The van der Waals surface area contributed by atoms with Gasteiger partial charge in [-0.25, -0.2) is 4.79 Å². The highest BCUT2D eigenvalue weighted by Gasteiger charge is 2.38. The monoisotopic (exact) mass is 365 g/mol. The summed E-state index contributed by atoms with van der Waals surface area (Å²) in [4.78, 5) is 44.3. The number of alkyl halides is 3. The van der Waals surface area contributed by atoms with Gasteiger partial charge in [0.15, 0.2) is 0 Å². The molecule has 0 spiro atoms. The normalized spacial score (nSPS) is 22.6. The molecule has 1 heterocycles. The van der Waals surface area contributed by atoms with Crippen LogP contribution < -0.4 is 11.1 Å². The van der Waals surface area contributed by atoms with Gasteiger partial charge in [0.05, 0.1) is 0 Å². The van der Waals surface area contributed by atoms with Gasteiger partial charge in [0.2, 0.25) is 5.91 Å². The third kappa shape index (κ3) is 6.53. The summed E-state index contributed by atoms with van der Waals surface area (Å²) in [6, 6.07) is 0.117. The maximum atomic E-state index is 11.8. The van der Waals surface area contributed by atoms with E-state index in [9.17, 15) is 27.6 Å². The molecule has 25 heavy (non-hydrogen) atoms. The molecule has 0 unspecified atom stereocenters. The van der Waals surface area contributed by atoms with Crippen molar-refractivity contribution < 1.29 is 37.5 Å². The van der Waals surface area contributed by atoms with Crippen LogP contribution in [0.4, 0.5) is 13.2 Å². The van der Waals surface area contributed by atoms with Crippen LogP contribution in [0, 0.1) is 5.92 Å². The molecule has 8 nitrogen and oxygen atoms in total. The summed E-state index contributed by atoms with van der Waals surface area (Å²) in [5.74, 6) is -3.46. The number of halogens is 3. The van der Waals surface area contributed by atoms with Crippen molar-refractivity contribution in [1.29, 1.82) is 0 Å². The molecule has 1 fully saturated rings. The first kappa shape index (κ1) is 20.6. The number of carbonyl (C=O) groups is 4. The van der Waals surface area contributed by atoms with Crippen LogP contribution in [0.3, 0.4) is 0 Å². The molecule has 140 valence electrons. The molecule has 0 radical (unpaired) electrons. The number of carboxylic acid groups (broad SMARTS) is 1. The maximum absolute atomic E-state index is 11.8. The molecule has 11 heteroatoms. The predicted molar refractivity (Wildman–Crippen MR) is 77.9 cm³/mol. The highest BCUT2D eigenvalue weighted by Crippen LogP contribution is 2.23. The number of nitrogens with two attached hydrogens (primary N) is 1. The first-order valence-corrected chi connectivity index (χ1v) is 7.39. The molecule has 3 amide bonds. The number of nitrogens with one attached hydrogen (secondary N) is 1. The average molecular weight is 365 g/mol. The van der Waals surface area contributed by atoms with Gasteiger partial charge in [0.25, 0.3) is 11.8 Å². The van der Waals surface area contributed by atoms with E-state index in [0.717, 1.165) is 24.2 Å². The Hall–Kier alpha value is -2.43. The number of imide groups is 1. The third-order valence-electron chi connectivity index (χ3n) is 3.62. The molecule has 0 aromatic carbocycles. The van der Waals surface area contributed by atoms with Gasteiger partial charge >= 0.3 is 12.1 Å². The quantitative estimate of drug-likeness (QED) is 0.591. The zero-order chi connectivity index (χ0) is 19.2. The molecule has 0 bridgehead atoms. The Labute approximate surface area is 140 Å². The van der Waals surface area contributed by atoms with E-state index in [4.69, 9.17) is 15.6 Å². The van der Waals surface area contributed by atoms with Gasteiger partial charge in [-0.05, 0) is 19.3 Å². The Morgan fingerprint density at radius 3 is 2.16 bits per heavy atom. The van der Waals surface area contributed by atoms with Crippen LogP contribution in [0.15, 0.2) is 12.2 Å². The number of amides is 3. The lowest BCUT2D eigenvalue weighted by Gasteiger charge is -2.15. The number of hydrogen-bond acceptors (Lipinski definition) is 5. The maximum Gasteiger partial charge on any atom is 0.490 e. The highest BCUT2D eigenvalue weighted by molar-refractivity contribution is 6.12. The lowest BCUT2D eigenvalue weighted by molar-refractivity contribution is -0.192. The van der Waals surface area contributed by atoms with Crippen molar-refractivity contribution >= 4 is 23.7 Å². The predicted octanol–water partition coefficient (Wildman–Crippen LogP) is -0.212. The van der Waals surface area contributed by atoms with Gasteiger partial charge in [-0.15, -0.1) is 0 Å². The van der Waals surface area contributed by atoms with E-state index in [2.05, 4.69) is 5.32 Å². The average Bonchev–Trinajstić information content (AvgIpc) is 3.07. The summed E-state index contributed by atoms with van der Waals surface area (Å²) >= 11 is 0. The van der Waals surface area contributed by atoms with E-state index in [0.29, 0.717) is 6.54 Å². The molecule has 4 N–H and O–H groups in total. The van der Waals surface area contributed by atoms with Gasteiger partial charge in [0, 0.05) is 37.2 Å². The van der Waals surface area contributed by atoms with E-state index in [1.807, 2.05) is 0 Å². The summed E-state index contributed by atoms with van der Waals surface area (Å²) in [5.41, 5.74) is 5.74. The fourth-order valence-electron chi connectivity index (χ4n) is 2.34. The van der Waals surface area contributed by atoms with Crippen molar-refractivity contribution in [2.75, 3.05) is 13.1 Å². The van der Waals surface area contributed by atoms with Crippen LogP contribution in [0.1, 0.15) is 19.3 Å². The lowest BCUT2D eigenvalue weighted by atomic mass is 10.1. The van der Waals surface area contributed by atoms with Gasteiger partial charge in [0.1, 0.15) is 0 Å². The Morgan fingerprint density at radius 1 is 1.24 bits per heavy atom. The minimum Gasteiger partial charge on any atom is -0.475 e. The van der Waals surface area contributed by atoms with Crippen molar-refractivity contribution in [3.63, 3.8) is 0 Å². The largest absolute Gasteiger partial charge is 0.490 e. The summed E-state index contributed by atoms with van der Waals surface area (Å²) in [7, 11) is 0. The first-order chi connectivity index (χ1) is 11.5. The van der Waals surface area contributed by atoms with Crippen molar-refractivity contribution in [3.8, 4) is 0 Å². The molecule has 0 aromatic rings. The minimum absolute atomic E-state index is 0.0249. The first-order valence-electron chi connectivity index (χ1n) is 7.39. The van der Waals surface area contributed by atoms with Crippen LogP contribution in [-0.4, -0.2) is 59.0 Å². The number of hydrogen-bond donors (Lipinski definition) is 3. The van der Waals surface area contributed by atoms with Gasteiger partial charge < -0.3 is 16.2 Å². The Kier molecular flexibility index (Phi) is 7.09. The number of carboxylic acids is 1. The van der Waals surface area contributed by atoms with Crippen molar-refractivity contribution in [1.82, 2.24) is 10.2 Å². The van der Waals surface area contributed by atoms with Crippen LogP contribution in [-0.2, 0) is 19.2 Å². The number of nitrogens with zero attached hydrogens (tertiary/aromatic N) is 1. The lowest BCUT2D eigenvalue weighted by Crippen LogP contribution is -2.39. The summed E-state index contributed by atoms with van der Waals surface area (Å²) in [6.07, 6.45) is -0.198. The second-order valence-corrected chi connectivity index (χ2v) is 5.53. The zero-order valence-electron chi connectivity index (χ0n) is 13.1.